The van der Waals surface area contributed by atoms with Crippen molar-refractivity contribution in [3.63, 3.8) is 0 Å². The SMILES string of the molecule is CC1=NN(c2cccc(B3OC(C)(C)C(C)(C)O3)c2)C(=O)C1. The Kier molecular flexibility index (Phi) is 3.42. The van der Waals surface area contributed by atoms with E-state index in [0.29, 0.717) is 6.42 Å². The van der Waals surface area contributed by atoms with E-state index in [0.717, 1.165) is 16.9 Å². The molecule has 0 N–H and O–H groups in total. The van der Waals surface area contributed by atoms with E-state index in [1.807, 2.05) is 58.9 Å². The summed E-state index contributed by atoms with van der Waals surface area (Å²) >= 11 is 0. The van der Waals surface area contributed by atoms with Crippen LogP contribution in [-0.4, -0.2) is 29.9 Å². The summed E-state index contributed by atoms with van der Waals surface area (Å²) in [5.41, 5.74) is 1.70. The first-order chi connectivity index (χ1) is 10.2. The molecule has 1 saturated heterocycles. The van der Waals surface area contributed by atoms with Gasteiger partial charge in [-0.3, -0.25) is 4.79 Å². The monoisotopic (exact) mass is 300 g/mol. The Morgan fingerprint density at radius 3 is 2.36 bits per heavy atom. The number of hydrogen-bond acceptors (Lipinski definition) is 4. The average Bonchev–Trinajstić information content (AvgIpc) is 2.86. The first kappa shape index (κ1) is 15.2. The van der Waals surface area contributed by atoms with Crippen LogP contribution in [0.15, 0.2) is 29.4 Å². The fourth-order valence-corrected chi connectivity index (χ4v) is 2.54. The molecule has 1 aromatic rings. The van der Waals surface area contributed by atoms with E-state index in [1.54, 1.807) is 0 Å². The summed E-state index contributed by atoms with van der Waals surface area (Å²) in [7, 11) is -0.437. The van der Waals surface area contributed by atoms with Crippen molar-refractivity contribution >= 4 is 29.9 Å². The van der Waals surface area contributed by atoms with Crippen LogP contribution in [0.25, 0.3) is 0 Å². The molecular formula is C16H21BN2O3. The minimum atomic E-state index is -0.437. The lowest BCUT2D eigenvalue weighted by Gasteiger charge is -2.32. The predicted molar refractivity (Wildman–Crippen MR) is 87.4 cm³/mol. The molecule has 5 nitrogen and oxygen atoms in total. The molecule has 0 spiro atoms. The highest BCUT2D eigenvalue weighted by molar-refractivity contribution is 6.62. The number of carbonyl (C=O) groups excluding carboxylic acids is 1. The summed E-state index contributed by atoms with van der Waals surface area (Å²) in [5.74, 6) is -0.0106. The molecule has 2 aliphatic heterocycles. The van der Waals surface area contributed by atoms with Gasteiger partial charge in [0.2, 0.25) is 0 Å². The van der Waals surface area contributed by atoms with Gasteiger partial charge < -0.3 is 9.31 Å². The van der Waals surface area contributed by atoms with Crippen LogP contribution < -0.4 is 10.5 Å². The number of amides is 1. The number of hydrazone groups is 1. The molecule has 6 heteroatoms. The first-order valence-electron chi connectivity index (χ1n) is 7.52. The maximum Gasteiger partial charge on any atom is 0.494 e. The minimum absolute atomic E-state index is 0.0106. The highest BCUT2D eigenvalue weighted by atomic mass is 16.7. The highest BCUT2D eigenvalue weighted by Crippen LogP contribution is 2.36. The second kappa shape index (κ2) is 4.93. The second-order valence-electron chi connectivity index (χ2n) is 6.90. The normalized spacial score (nSPS) is 23.1. The molecule has 2 aliphatic rings. The Morgan fingerprint density at radius 1 is 1.18 bits per heavy atom. The van der Waals surface area contributed by atoms with Gasteiger partial charge in [0.1, 0.15) is 0 Å². The van der Waals surface area contributed by atoms with Gasteiger partial charge in [-0.25, -0.2) is 5.01 Å². The fourth-order valence-electron chi connectivity index (χ4n) is 2.54. The van der Waals surface area contributed by atoms with Gasteiger partial charge in [-0.05, 0) is 52.2 Å². The van der Waals surface area contributed by atoms with E-state index in [4.69, 9.17) is 9.31 Å². The lowest BCUT2D eigenvalue weighted by molar-refractivity contribution is -0.116. The third-order valence-electron chi connectivity index (χ3n) is 4.55. The standard InChI is InChI=1S/C16H21BN2O3/c1-11-9-14(20)19(18-11)13-8-6-7-12(10-13)17-21-15(2,3)16(4,5)22-17/h6-8,10H,9H2,1-5H3. The van der Waals surface area contributed by atoms with Crippen molar-refractivity contribution in [2.24, 2.45) is 5.10 Å². The van der Waals surface area contributed by atoms with Crippen LogP contribution in [0.2, 0.25) is 0 Å². The van der Waals surface area contributed by atoms with Crippen molar-refractivity contribution in [2.75, 3.05) is 5.01 Å². The van der Waals surface area contributed by atoms with Crippen molar-refractivity contribution in [1.82, 2.24) is 0 Å². The minimum Gasteiger partial charge on any atom is -0.399 e. The van der Waals surface area contributed by atoms with E-state index in [2.05, 4.69) is 5.10 Å². The molecule has 1 amide bonds. The quantitative estimate of drug-likeness (QED) is 0.786. The van der Waals surface area contributed by atoms with Gasteiger partial charge in [0.15, 0.2) is 0 Å². The average molecular weight is 300 g/mol. The summed E-state index contributed by atoms with van der Waals surface area (Å²) in [6.07, 6.45) is 0.376. The Balaban J connectivity index is 1.89. The Morgan fingerprint density at radius 2 is 1.82 bits per heavy atom. The Bertz CT molecular complexity index is 639. The predicted octanol–water partition coefficient (Wildman–Crippen LogP) is 2.10. The van der Waals surface area contributed by atoms with Crippen molar-refractivity contribution in [2.45, 2.75) is 52.2 Å². The van der Waals surface area contributed by atoms with Crippen molar-refractivity contribution in [3.05, 3.63) is 24.3 Å². The van der Waals surface area contributed by atoms with Crippen LogP contribution in [0.4, 0.5) is 5.69 Å². The van der Waals surface area contributed by atoms with E-state index in [-0.39, 0.29) is 17.1 Å². The number of benzene rings is 1. The highest BCUT2D eigenvalue weighted by Gasteiger charge is 2.51. The zero-order valence-corrected chi connectivity index (χ0v) is 13.7. The summed E-state index contributed by atoms with van der Waals surface area (Å²) in [5, 5.41) is 5.73. The summed E-state index contributed by atoms with van der Waals surface area (Å²) < 4.78 is 12.1. The number of rotatable bonds is 2. The zero-order chi connectivity index (χ0) is 16.1. The van der Waals surface area contributed by atoms with Crippen LogP contribution in [0.1, 0.15) is 41.0 Å². The van der Waals surface area contributed by atoms with Gasteiger partial charge in [-0.15, -0.1) is 0 Å². The number of carbonyl (C=O) groups is 1. The fraction of sp³-hybridized carbons (Fsp3) is 0.500. The van der Waals surface area contributed by atoms with Gasteiger partial charge in [0, 0.05) is 5.71 Å². The van der Waals surface area contributed by atoms with Crippen molar-refractivity contribution in [3.8, 4) is 0 Å². The van der Waals surface area contributed by atoms with E-state index in [1.165, 1.54) is 5.01 Å². The van der Waals surface area contributed by atoms with Gasteiger partial charge in [0.05, 0.1) is 23.3 Å². The third kappa shape index (κ3) is 2.46. The number of nitrogens with zero attached hydrogens (tertiary/aromatic N) is 2. The molecule has 1 aromatic carbocycles. The number of anilines is 1. The molecule has 0 atom stereocenters. The molecule has 0 unspecified atom stereocenters. The smallest absolute Gasteiger partial charge is 0.399 e. The lowest BCUT2D eigenvalue weighted by atomic mass is 9.79. The largest absolute Gasteiger partial charge is 0.494 e. The first-order valence-corrected chi connectivity index (χ1v) is 7.52. The van der Waals surface area contributed by atoms with Crippen LogP contribution in [0.3, 0.4) is 0 Å². The molecule has 116 valence electrons. The molecule has 22 heavy (non-hydrogen) atoms. The molecule has 0 aromatic heterocycles. The van der Waals surface area contributed by atoms with Crippen LogP contribution in [0, 0.1) is 0 Å². The Labute approximate surface area is 131 Å². The van der Waals surface area contributed by atoms with Gasteiger partial charge in [0.25, 0.3) is 5.91 Å². The van der Waals surface area contributed by atoms with E-state index in [9.17, 15) is 4.79 Å². The summed E-state index contributed by atoms with van der Waals surface area (Å²) in [4.78, 5) is 12.0. The van der Waals surface area contributed by atoms with Crippen molar-refractivity contribution < 1.29 is 14.1 Å². The molecule has 0 radical (unpaired) electrons. The number of hydrogen-bond donors (Lipinski definition) is 0. The molecular weight excluding hydrogens is 279 g/mol. The van der Waals surface area contributed by atoms with Crippen LogP contribution in [-0.2, 0) is 14.1 Å². The molecule has 0 bridgehead atoms. The van der Waals surface area contributed by atoms with E-state index < -0.39 is 7.12 Å². The van der Waals surface area contributed by atoms with Gasteiger partial charge in [-0.1, -0.05) is 12.1 Å². The van der Waals surface area contributed by atoms with Crippen LogP contribution in [0.5, 0.6) is 0 Å². The molecule has 0 saturated carbocycles. The topological polar surface area (TPSA) is 51.1 Å². The molecule has 0 aliphatic carbocycles. The molecule has 1 fully saturated rings. The maximum absolute atomic E-state index is 12.0. The molecule has 2 heterocycles. The summed E-state index contributed by atoms with van der Waals surface area (Å²) in [6, 6.07) is 7.62. The zero-order valence-electron chi connectivity index (χ0n) is 13.7. The third-order valence-corrected chi connectivity index (χ3v) is 4.55. The Hall–Kier alpha value is -1.66. The van der Waals surface area contributed by atoms with Crippen molar-refractivity contribution in [1.29, 1.82) is 0 Å². The van der Waals surface area contributed by atoms with Gasteiger partial charge in [-0.2, -0.15) is 5.10 Å². The lowest BCUT2D eigenvalue weighted by Crippen LogP contribution is -2.41. The second-order valence-corrected chi connectivity index (χ2v) is 6.90. The maximum atomic E-state index is 12.0. The van der Waals surface area contributed by atoms with Crippen LogP contribution >= 0.6 is 0 Å². The van der Waals surface area contributed by atoms with E-state index >= 15 is 0 Å². The molecule has 3 rings (SSSR count). The summed E-state index contributed by atoms with van der Waals surface area (Å²) in [6.45, 7) is 9.95. The van der Waals surface area contributed by atoms with Gasteiger partial charge >= 0.3 is 7.12 Å².